The summed E-state index contributed by atoms with van der Waals surface area (Å²) in [5, 5.41) is 0. The van der Waals surface area contributed by atoms with E-state index in [4.69, 9.17) is 24.7 Å². The standard InChI is InChI=1S/C6H18N2O3Si/c1-9-12(10-2,11-3)6(4-7)5-8/h6H,4-5,7-8H2,1-3H3. The Balaban J connectivity index is 4.42. The molecule has 0 aliphatic heterocycles. The van der Waals surface area contributed by atoms with Gasteiger partial charge in [-0.1, -0.05) is 0 Å². The fourth-order valence-electron chi connectivity index (χ4n) is 1.13. The maximum atomic E-state index is 5.51. The van der Waals surface area contributed by atoms with Crippen LogP contribution in [0.15, 0.2) is 0 Å². The van der Waals surface area contributed by atoms with Gasteiger partial charge in [0.2, 0.25) is 0 Å². The largest absolute Gasteiger partial charge is 0.506 e. The van der Waals surface area contributed by atoms with Crippen LogP contribution < -0.4 is 11.5 Å². The molecule has 0 rings (SSSR count). The third kappa shape index (κ3) is 2.25. The van der Waals surface area contributed by atoms with Gasteiger partial charge in [0.25, 0.3) is 0 Å². The molecule has 4 N–H and O–H groups in total. The first kappa shape index (κ1) is 12.0. The third-order valence-electron chi connectivity index (χ3n) is 1.92. The highest BCUT2D eigenvalue weighted by Crippen LogP contribution is 2.21. The Morgan fingerprint density at radius 2 is 1.33 bits per heavy atom. The molecule has 74 valence electrons. The first-order valence-electron chi connectivity index (χ1n) is 3.76. The molecule has 0 atom stereocenters. The molecule has 0 heterocycles. The van der Waals surface area contributed by atoms with Gasteiger partial charge in [-0.3, -0.25) is 0 Å². The highest BCUT2D eigenvalue weighted by molar-refractivity contribution is 6.62. The fourth-order valence-corrected chi connectivity index (χ4v) is 3.21. The van der Waals surface area contributed by atoms with Gasteiger partial charge in [-0.25, -0.2) is 0 Å². The molecule has 0 aromatic rings. The predicted molar refractivity (Wildman–Crippen MR) is 48.6 cm³/mol. The number of nitrogens with two attached hydrogens (primary N) is 2. The fraction of sp³-hybridized carbons (Fsp3) is 1.00. The first-order valence-corrected chi connectivity index (χ1v) is 5.56. The zero-order chi connectivity index (χ0) is 9.61. The van der Waals surface area contributed by atoms with E-state index in [1.165, 1.54) is 0 Å². The van der Waals surface area contributed by atoms with Gasteiger partial charge in [-0.2, -0.15) is 0 Å². The van der Waals surface area contributed by atoms with Crippen molar-refractivity contribution in [2.45, 2.75) is 5.54 Å². The van der Waals surface area contributed by atoms with E-state index in [-0.39, 0.29) is 5.54 Å². The lowest BCUT2D eigenvalue weighted by atomic mass is 10.4. The van der Waals surface area contributed by atoms with Gasteiger partial charge >= 0.3 is 8.80 Å². The van der Waals surface area contributed by atoms with E-state index < -0.39 is 8.80 Å². The normalized spacial score (nSPS) is 12.5. The number of hydrogen-bond acceptors (Lipinski definition) is 5. The van der Waals surface area contributed by atoms with Crippen molar-refractivity contribution in [3.63, 3.8) is 0 Å². The molecule has 12 heavy (non-hydrogen) atoms. The summed E-state index contributed by atoms with van der Waals surface area (Å²) in [6, 6.07) is 0. The van der Waals surface area contributed by atoms with E-state index >= 15 is 0 Å². The van der Waals surface area contributed by atoms with Crippen LogP contribution >= 0.6 is 0 Å². The van der Waals surface area contributed by atoms with E-state index in [2.05, 4.69) is 0 Å². The van der Waals surface area contributed by atoms with Gasteiger partial charge in [-0.05, 0) is 0 Å². The van der Waals surface area contributed by atoms with Gasteiger partial charge in [-0.15, -0.1) is 0 Å². The predicted octanol–water partition coefficient (Wildman–Crippen LogP) is -0.848. The summed E-state index contributed by atoms with van der Waals surface area (Å²) in [5.41, 5.74) is 11.0. The molecule has 5 nitrogen and oxygen atoms in total. The summed E-state index contributed by atoms with van der Waals surface area (Å²) in [6.07, 6.45) is 0. The second kappa shape index (κ2) is 5.63. The second-order valence-corrected chi connectivity index (χ2v) is 5.63. The Kier molecular flexibility index (Phi) is 5.63. The molecule has 0 fully saturated rings. The van der Waals surface area contributed by atoms with E-state index in [1.807, 2.05) is 0 Å². The van der Waals surface area contributed by atoms with Gasteiger partial charge in [0, 0.05) is 34.4 Å². The maximum absolute atomic E-state index is 5.51. The highest BCUT2D eigenvalue weighted by atomic mass is 28.4. The van der Waals surface area contributed by atoms with Crippen molar-refractivity contribution < 1.29 is 13.3 Å². The third-order valence-corrected chi connectivity index (χ3v) is 5.10. The molecule has 0 unspecified atom stereocenters. The molecule has 0 saturated heterocycles. The van der Waals surface area contributed by atoms with E-state index in [9.17, 15) is 0 Å². The zero-order valence-electron chi connectivity index (χ0n) is 7.87. The van der Waals surface area contributed by atoms with Gasteiger partial charge in [0.05, 0.1) is 5.54 Å². The zero-order valence-corrected chi connectivity index (χ0v) is 8.87. The Bertz CT molecular complexity index is 109. The summed E-state index contributed by atoms with van der Waals surface area (Å²) in [6.45, 7) is 0.830. The van der Waals surface area contributed by atoms with Crippen molar-refractivity contribution in [1.82, 2.24) is 0 Å². The lowest BCUT2D eigenvalue weighted by Crippen LogP contribution is -2.52. The van der Waals surface area contributed by atoms with Gasteiger partial charge in [0.1, 0.15) is 0 Å². The van der Waals surface area contributed by atoms with Crippen LogP contribution in [-0.2, 0) is 13.3 Å². The molecule has 0 aromatic heterocycles. The number of rotatable bonds is 6. The minimum atomic E-state index is -2.60. The van der Waals surface area contributed by atoms with Crippen LogP contribution in [0.25, 0.3) is 0 Å². The molecule has 0 amide bonds. The summed E-state index contributed by atoms with van der Waals surface area (Å²) < 4.78 is 15.6. The van der Waals surface area contributed by atoms with Crippen LogP contribution in [0, 0.1) is 0 Å². The Hall–Kier alpha value is 0.0169. The molecule has 0 aliphatic rings. The van der Waals surface area contributed by atoms with Crippen molar-refractivity contribution in [1.29, 1.82) is 0 Å². The molecule has 0 bridgehead atoms. The summed E-state index contributed by atoms with van der Waals surface area (Å²) in [4.78, 5) is 0. The van der Waals surface area contributed by atoms with Crippen LogP contribution in [0.2, 0.25) is 5.54 Å². The molecule has 0 aromatic carbocycles. The van der Waals surface area contributed by atoms with Crippen molar-refractivity contribution in [3.8, 4) is 0 Å². The van der Waals surface area contributed by atoms with E-state index in [0.717, 1.165) is 0 Å². The van der Waals surface area contributed by atoms with Crippen molar-refractivity contribution in [3.05, 3.63) is 0 Å². The first-order chi connectivity index (χ1) is 5.70. The van der Waals surface area contributed by atoms with E-state index in [0.29, 0.717) is 13.1 Å². The Morgan fingerprint density at radius 3 is 1.42 bits per heavy atom. The average molecular weight is 194 g/mol. The number of hydrogen-bond donors (Lipinski definition) is 2. The second-order valence-electron chi connectivity index (χ2n) is 2.38. The van der Waals surface area contributed by atoms with Gasteiger partial charge in [0.15, 0.2) is 0 Å². The lowest BCUT2D eigenvalue weighted by Gasteiger charge is -2.30. The Labute approximate surface area is 74.3 Å². The highest BCUT2D eigenvalue weighted by Gasteiger charge is 2.45. The van der Waals surface area contributed by atoms with Crippen LogP contribution in [0.3, 0.4) is 0 Å². The smallest absolute Gasteiger partial charge is 0.377 e. The topological polar surface area (TPSA) is 79.7 Å². The summed E-state index contributed by atoms with van der Waals surface area (Å²) >= 11 is 0. The van der Waals surface area contributed by atoms with Crippen LogP contribution in [0.1, 0.15) is 0 Å². The molecular formula is C6H18N2O3Si. The van der Waals surface area contributed by atoms with Crippen molar-refractivity contribution >= 4 is 8.80 Å². The van der Waals surface area contributed by atoms with Crippen LogP contribution in [-0.4, -0.2) is 43.2 Å². The minimum absolute atomic E-state index is 0.0301. The SMILES string of the molecule is CO[Si](OC)(OC)C(CN)CN. The monoisotopic (exact) mass is 194 g/mol. The van der Waals surface area contributed by atoms with E-state index in [1.54, 1.807) is 21.3 Å². The Morgan fingerprint density at radius 1 is 1.00 bits per heavy atom. The van der Waals surface area contributed by atoms with Crippen LogP contribution in [0.4, 0.5) is 0 Å². The van der Waals surface area contributed by atoms with Crippen LogP contribution in [0.5, 0.6) is 0 Å². The quantitative estimate of drug-likeness (QED) is 0.539. The van der Waals surface area contributed by atoms with Gasteiger partial charge < -0.3 is 24.7 Å². The summed E-state index contributed by atoms with van der Waals surface area (Å²) in [7, 11) is 2.06. The maximum Gasteiger partial charge on any atom is 0.506 e. The molecule has 0 radical (unpaired) electrons. The lowest BCUT2D eigenvalue weighted by molar-refractivity contribution is 0.113. The molecule has 6 heteroatoms. The van der Waals surface area contributed by atoms with Crippen molar-refractivity contribution in [2.24, 2.45) is 11.5 Å². The molecule has 0 aliphatic carbocycles. The average Bonchev–Trinajstić information content (AvgIpc) is 2.14. The summed E-state index contributed by atoms with van der Waals surface area (Å²) in [5.74, 6) is 0. The minimum Gasteiger partial charge on any atom is -0.377 e. The molecule has 0 spiro atoms. The van der Waals surface area contributed by atoms with Crippen molar-refractivity contribution in [2.75, 3.05) is 34.4 Å². The molecule has 0 saturated carbocycles. The molecular weight excluding hydrogens is 176 g/mol.